The molecule has 2 aliphatic rings. The highest BCUT2D eigenvalue weighted by atomic mass is 28.5. The van der Waals surface area contributed by atoms with Crippen LogP contribution in [0.25, 0.3) is 0 Å². The summed E-state index contributed by atoms with van der Waals surface area (Å²) in [6.45, 7) is 17.1. The summed E-state index contributed by atoms with van der Waals surface area (Å²) < 4.78 is 27.5. The van der Waals surface area contributed by atoms with E-state index < -0.39 is 52.9 Å². The summed E-state index contributed by atoms with van der Waals surface area (Å²) >= 11 is 0. The van der Waals surface area contributed by atoms with Gasteiger partial charge >= 0.3 is 22.8 Å². The summed E-state index contributed by atoms with van der Waals surface area (Å²) in [6, 6.07) is 0. The van der Waals surface area contributed by atoms with Crippen molar-refractivity contribution in [1.82, 2.24) is 14.8 Å². The Morgan fingerprint density at radius 2 is 1.59 bits per heavy atom. The van der Waals surface area contributed by atoms with Crippen LogP contribution in [-0.4, -0.2) is 61.9 Å². The lowest BCUT2D eigenvalue weighted by molar-refractivity contribution is -0.0656. The van der Waals surface area contributed by atoms with Crippen molar-refractivity contribution in [3.05, 3.63) is 27.0 Å². The number of ether oxygens (including phenoxy) is 1. The Kier molecular flexibility index (Phi) is 7.35. The fourth-order valence-electron chi connectivity index (χ4n) is 4.88. The van der Waals surface area contributed by atoms with Crippen molar-refractivity contribution in [3.8, 4) is 0 Å². The van der Waals surface area contributed by atoms with Crippen LogP contribution in [0.5, 0.6) is 0 Å². The molecule has 0 saturated carbocycles. The number of hydrogen-bond acceptors (Lipinski definition) is 8. The predicted molar refractivity (Wildman–Crippen MR) is 123 cm³/mol. The molecule has 1 aromatic heterocycles. The van der Waals surface area contributed by atoms with Gasteiger partial charge in [-0.1, -0.05) is 55.4 Å². The van der Waals surface area contributed by atoms with E-state index in [1.54, 1.807) is 0 Å². The van der Waals surface area contributed by atoms with Gasteiger partial charge in [0.1, 0.15) is 24.5 Å². The highest BCUT2D eigenvalue weighted by Crippen LogP contribution is 2.48. The van der Waals surface area contributed by atoms with Crippen molar-refractivity contribution >= 4 is 17.1 Å². The number of aliphatic hydroxyl groups excluding tert-OH is 1. The summed E-state index contributed by atoms with van der Waals surface area (Å²) in [4.78, 5) is 25.9. The molecule has 4 atom stereocenters. The fraction of sp³-hybridized carbons (Fsp3) is 0.850. The van der Waals surface area contributed by atoms with Gasteiger partial charge in [-0.15, -0.1) is 0 Å². The summed E-state index contributed by atoms with van der Waals surface area (Å²) in [6.07, 6.45) is -2.65. The van der Waals surface area contributed by atoms with Gasteiger partial charge in [0.05, 0.1) is 6.61 Å². The molecule has 0 bridgehead atoms. The Morgan fingerprint density at radius 1 is 1.03 bits per heavy atom. The van der Waals surface area contributed by atoms with E-state index >= 15 is 0 Å². The van der Waals surface area contributed by atoms with Crippen LogP contribution in [0.2, 0.25) is 22.2 Å². The van der Waals surface area contributed by atoms with E-state index in [0.29, 0.717) is 0 Å². The second kappa shape index (κ2) is 9.24. The number of aromatic amines is 1. The molecule has 0 aromatic carbocycles. The Bertz CT molecular complexity index is 901. The number of hydrogen-bond donors (Lipinski definition) is 2. The third kappa shape index (κ3) is 4.21. The van der Waals surface area contributed by atoms with Gasteiger partial charge in [0, 0.05) is 0 Å². The second-order valence-electron chi connectivity index (χ2n) is 10.00. The monoisotopic (exact) mass is 487 g/mol. The van der Waals surface area contributed by atoms with Crippen molar-refractivity contribution in [3.63, 3.8) is 0 Å². The molecule has 2 N–H and O–H groups in total. The molecule has 0 aliphatic carbocycles. The Hall–Kier alpha value is -1.16. The molecule has 182 valence electrons. The van der Waals surface area contributed by atoms with Crippen LogP contribution in [0, 0.1) is 0 Å². The molecule has 0 radical (unpaired) electrons. The van der Waals surface area contributed by atoms with Crippen LogP contribution in [0.4, 0.5) is 0 Å². The fourth-order valence-corrected chi connectivity index (χ4v) is 16.1. The summed E-state index contributed by atoms with van der Waals surface area (Å²) in [5.74, 6) is 0. The molecule has 32 heavy (non-hydrogen) atoms. The number of nitrogens with zero attached hydrogens (tertiary/aromatic N) is 2. The van der Waals surface area contributed by atoms with Crippen molar-refractivity contribution in [2.75, 3.05) is 6.61 Å². The Balaban J connectivity index is 2.08. The Morgan fingerprint density at radius 3 is 2.09 bits per heavy atom. The highest BCUT2D eigenvalue weighted by molar-refractivity contribution is 6.83. The van der Waals surface area contributed by atoms with Gasteiger partial charge in [0.25, 0.3) is 5.56 Å². The summed E-state index contributed by atoms with van der Waals surface area (Å²) in [5, 5.41) is 15.0. The third-order valence-corrected chi connectivity index (χ3v) is 16.9. The van der Waals surface area contributed by atoms with E-state index in [-0.39, 0.29) is 28.8 Å². The zero-order valence-electron chi connectivity index (χ0n) is 20.2. The lowest BCUT2D eigenvalue weighted by Crippen LogP contribution is -2.65. The number of H-pyrrole nitrogens is 1. The van der Waals surface area contributed by atoms with Crippen LogP contribution in [0.3, 0.4) is 0 Å². The van der Waals surface area contributed by atoms with Gasteiger partial charge in [-0.2, -0.15) is 9.78 Å². The van der Waals surface area contributed by atoms with E-state index in [0.717, 1.165) is 10.9 Å². The summed E-state index contributed by atoms with van der Waals surface area (Å²) in [5.41, 5.74) is -0.829. The molecule has 0 spiro atoms. The van der Waals surface area contributed by atoms with Gasteiger partial charge in [-0.3, -0.25) is 9.78 Å². The zero-order valence-corrected chi connectivity index (χ0v) is 22.2. The molecule has 0 amide bonds. The van der Waals surface area contributed by atoms with E-state index in [9.17, 15) is 14.7 Å². The van der Waals surface area contributed by atoms with E-state index in [1.165, 1.54) is 0 Å². The minimum absolute atomic E-state index is 0.0920. The van der Waals surface area contributed by atoms with Crippen molar-refractivity contribution in [1.29, 1.82) is 0 Å². The minimum Gasteiger partial charge on any atom is -0.414 e. The SMILES string of the molecule is CC(C)[Si]1(C(C)C)OC[C@H]2O[C@@H](n3ncc(=O)[nH]c3=O)[C@H](O)[C@@H]2O[Si](C(C)C)(C(C)C)O1. The first-order valence-corrected chi connectivity index (χ1v) is 15.3. The largest absolute Gasteiger partial charge is 0.414 e. The van der Waals surface area contributed by atoms with Gasteiger partial charge in [-0.05, 0) is 22.2 Å². The third-order valence-electron chi connectivity index (χ3n) is 6.62. The maximum absolute atomic E-state index is 12.3. The average molecular weight is 488 g/mol. The van der Waals surface area contributed by atoms with Crippen molar-refractivity contribution in [2.24, 2.45) is 0 Å². The lowest BCUT2D eigenvalue weighted by atomic mass is 10.1. The first-order valence-electron chi connectivity index (χ1n) is 11.4. The number of nitrogens with one attached hydrogen (secondary N) is 1. The molecule has 0 unspecified atom stereocenters. The molecule has 3 heterocycles. The number of aromatic nitrogens is 3. The van der Waals surface area contributed by atoms with Crippen LogP contribution in [0.15, 0.2) is 15.8 Å². The molecule has 10 nitrogen and oxygen atoms in total. The van der Waals surface area contributed by atoms with E-state index in [4.69, 9.17) is 17.7 Å². The Labute approximate surface area is 190 Å². The van der Waals surface area contributed by atoms with Crippen LogP contribution in [0.1, 0.15) is 61.6 Å². The van der Waals surface area contributed by atoms with Crippen LogP contribution in [-0.2, 0) is 17.7 Å². The topological polar surface area (TPSA) is 125 Å². The maximum atomic E-state index is 12.3. The zero-order chi connectivity index (χ0) is 24.0. The highest BCUT2D eigenvalue weighted by Gasteiger charge is 2.61. The normalized spacial score (nSPS) is 30.0. The molecular weight excluding hydrogens is 450 g/mol. The molecule has 2 fully saturated rings. The number of aliphatic hydroxyl groups is 1. The molecule has 3 rings (SSSR count). The van der Waals surface area contributed by atoms with Gasteiger partial charge in [0.2, 0.25) is 0 Å². The van der Waals surface area contributed by atoms with Crippen molar-refractivity contribution in [2.45, 2.75) is 102 Å². The van der Waals surface area contributed by atoms with E-state index in [1.807, 2.05) is 0 Å². The first kappa shape index (κ1) is 25.5. The van der Waals surface area contributed by atoms with Gasteiger partial charge in [-0.25, -0.2) is 4.79 Å². The van der Waals surface area contributed by atoms with E-state index in [2.05, 4.69) is 65.5 Å². The number of fused-ring (bicyclic) bond motifs is 1. The van der Waals surface area contributed by atoms with Crippen LogP contribution >= 0.6 is 0 Å². The smallest absolute Gasteiger partial charge is 0.347 e. The van der Waals surface area contributed by atoms with Gasteiger partial charge < -0.3 is 22.8 Å². The molecule has 2 saturated heterocycles. The predicted octanol–water partition coefficient (Wildman–Crippen LogP) is 2.15. The second-order valence-corrected chi connectivity index (χ2v) is 18.8. The molecule has 12 heteroatoms. The molecular formula is C20H37N3O7Si2. The lowest BCUT2D eigenvalue weighted by Gasteiger charge is -2.51. The number of rotatable bonds is 5. The maximum Gasteiger partial charge on any atom is 0.347 e. The van der Waals surface area contributed by atoms with Crippen molar-refractivity contribution < 1.29 is 22.8 Å². The van der Waals surface area contributed by atoms with Crippen LogP contribution < -0.4 is 11.2 Å². The molecule has 1 aromatic rings. The minimum atomic E-state index is -2.93. The van der Waals surface area contributed by atoms with Gasteiger partial charge in [0.15, 0.2) is 6.23 Å². The molecule has 2 aliphatic heterocycles. The standard InChI is InChI=1S/C20H37N3O7Si2/c1-11(2)31(12(3)4)27-10-15-18(29-32(30-31,13(5)6)14(7)8)17(25)19(28-15)23-20(26)22-16(24)9-21-23/h9,11-15,17-19,25H,10H2,1-8H3,(H,22,24,26)/t15-,17-,18-,19-/m1/s1. The quantitative estimate of drug-likeness (QED) is 0.605. The average Bonchev–Trinajstić information content (AvgIpc) is 2.96. The summed E-state index contributed by atoms with van der Waals surface area (Å²) in [7, 11) is -5.67. The first-order chi connectivity index (χ1) is 14.9.